The second kappa shape index (κ2) is 7.17. The molecule has 2 aromatic rings. The molecule has 0 unspecified atom stereocenters. The van der Waals surface area contributed by atoms with Crippen LogP contribution in [0.2, 0.25) is 0 Å². The number of carbonyl (C=O) groups is 2. The molecule has 21 heavy (non-hydrogen) atoms. The monoisotopic (exact) mass is 302 g/mol. The maximum Gasteiger partial charge on any atom is 0.227 e. The van der Waals surface area contributed by atoms with Gasteiger partial charge in [0.2, 0.25) is 10.2 Å². The summed E-state index contributed by atoms with van der Waals surface area (Å²) in [5.74, 6) is 0. The predicted molar refractivity (Wildman–Crippen MR) is 81.0 cm³/mol. The zero-order valence-corrected chi connectivity index (χ0v) is 12.0. The van der Waals surface area contributed by atoms with Crippen LogP contribution in [0.15, 0.2) is 48.5 Å². The molecule has 0 aliphatic rings. The molecule has 0 atom stereocenters. The van der Waals surface area contributed by atoms with Gasteiger partial charge in [0.25, 0.3) is 0 Å². The van der Waals surface area contributed by atoms with Crippen molar-refractivity contribution in [3.8, 4) is 0 Å². The van der Waals surface area contributed by atoms with Crippen LogP contribution in [0.1, 0.15) is 31.8 Å². The van der Waals surface area contributed by atoms with Gasteiger partial charge in [0.15, 0.2) is 0 Å². The molecule has 0 radical (unpaired) electrons. The zero-order chi connectivity index (χ0) is 15.2. The molecule has 2 rings (SSSR count). The molecule has 2 N–H and O–H groups in total. The van der Waals surface area contributed by atoms with Crippen LogP contribution in [-0.4, -0.2) is 20.4 Å². The Kier molecular flexibility index (Phi) is 5.27. The van der Waals surface area contributed by atoms with Gasteiger partial charge in [-0.25, -0.2) is 0 Å². The summed E-state index contributed by atoms with van der Waals surface area (Å²) in [6, 6.07) is 13.2. The van der Waals surface area contributed by atoms with E-state index in [9.17, 15) is 19.8 Å². The lowest BCUT2D eigenvalue weighted by atomic mass is 10.1. The molecule has 5 heteroatoms. The third-order valence-corrected chi connectivity index (χ3v) is 3.81. The minimum Gasteiger partial charge on any atom is -0.392 e. The fourth-order valence-electron chi connectivity index (χ4n) is 1.91. The Morgan fingerprint density at radius 1 is 0.762 bits per heavy atom. The fourth-order valence-corrected chi connectivity index (χ4v) is 2.70. The number of aliphatic hydroxyl groups is 2. The zero-order valence-electron chi connectivity index (χ0n) is 11.2. The molecule has 0 aliphatic carbocycles. The average Bonchev–Trinajstić information content (AvgIpc) is 2.54. The topological polar surface area (TPSA) is 74.6 Å². The van der Waals surface area contributed by atoms with Crippen molar-refractivity contribution in [1.82, 2.24) is 0 Å². The number of carbonyl (C=O) groups excluding carboxylic acids is 2. The van der Waals surface area contributed by atoms with Gasteiger partial charge in [0, 0.05) is 11.1 Å². The van der Waals surface area contributed by atoms with Gasteiger partial charge in [0.1, 0.15) is 0 Å². The van der Waals surface area contributed by atoms with Crippen LogP contribution in [0.5, 0.6) is 0 Å². The van der Waals surface area contributed by atoms with E-state index < -0.39 is 10.2 Å². The normalized spacial score (nSPS) is 10.4. The van der Waals surface area contributed by atoms with Crippen LogP contribution < -0.4 is 0 Å². The van der Waals surface area contributed by atoms with E-state index >= 15 is 0 Å². The summed E-state index contributed by atoms with van der Waals surface area (Å²) in [5, 5.41) is 17.6. The summed E-state index contributed by atoms with van der Waals surface area (Å²) in [6.45, 7) is -0.520. The standard InChI is InChI=1S/C16H14O4S/c17-9-11-5-1-3-7-13(11)15(19)21-16(20)14-8-4-2-6-12(14)10-18/h1-8,17-18H,9-10H2. The van der Waals surface area contributed by atoms with Crippen LogP contribution >= 0.6 is 11.8 Å². The van der Waals surface area contributed by atoms with Crippen LogP contribution in [-0.2, 0) is 13.2 Å². The van der Waals surface area contributed by atoms with Crippen molar-refractivity contribution in [2.24, 2.45) is 0 Å². The van der Waals surface area contributed by atoms with Crippen molar-refractivity contribution in [2.75, 3.05) is 0 Å². The molecule has 0 heterocycles. The highest BCUT2D eigenvalue weighted by Gasteiger charge is 2.18. The number of benzene rings is 2. The van der Waals surface area contributed by atoms with E-state index in [2.05, 4.69) is 0 Å². The lowest BCUT2D eigenvalue weighted by Crippen LogP contribution is -2.06. The first kappa shape index (κ1) is 15.4. The Morgan fingerprint density at radius 3 is 1.52 bits per heavy atom. The van der Waals surface area contributed by atoms with E-state index in [1.54, 1.807) is 48.5 Å². The minimum atomic E-state index is -0.419. The summed E-state index contributed by atoms with van der Waals surface area (Å²) in [7, 11) is 0. The van der Waals surface area contributed by atoms with Crippen molar-refractivity contribution in [3.63, 3.8) is 0 Å². The number of thioether (sulfide) groups is 1. The van der Waals surface area contributed by atoms with Crippen LogP contribution in [0.3, 0.4) is 0 Å². The molecule has 0 aliphatic heterocycles. The van der Waals surface area contributed by atoms with Crippen LogP contribution in [0, 0.1) is 0 Å². The fraction of sp³-hybridized carbons (Fsp3) is 0.125. The van der Waals surface area contributed by atoms with Gasteiger partial charge in [-0.1, -0.05) is 48.5 Å². The number of hydrogen-bond acceptors (Lipinski definition) is 5. The van der Waals surface area contributed by atoms with Gasteiger partial charge in [-0.3, -0.25) is 9.59 Å². The molecule has 0 saturated carbocycles. The Hall–Kier alpha value is -1.95. The van der Waals surface area contributed by atoms with Gasteiger partial charge >= 0.3 is 0 Å². The first-order valence-electron chi connectivity index (χ1n) is 6.31. The van der Waals surface area contributed by atoms with Crippen molar-refractivity contribution >= 4 is 22.0 Å². The van der Waals surface area contributed by atoms with Crippen LogP contribution in [0.25, 0.3) is 0 Å². The molecular formula is C16H14O4S. The first-order valence-corrected chi connectivity index (χ1v) is 7.13. The second-order valence-corrected chi connectivity index (χ2v) is 5.25. The Labute approximate surface area is 126 Å². The van der Waals surface area contributed by atoms with E-state index in [4.69, 9.17) is 0 Å². The highest BCUT2D eigenvalue weighted by Crippen LogP contribution is 2.22. The molecule has 0 aromatic heterocycles. The molecule has 2 aromatic carbocycles. The first-order chi connectivity index (χ1) is 10.2. The maximum absolute atomic E-state index is 12.2. The number of aliphatic hydroxyl groups excluding tert-OH is 2. The minimum absolute atomic E-state index is 0.260. The predicted octanol–water partition coefficient (Wildman–Crippen LogP) is 2.39. The second-order valence-electron chi connectivity index (χ2n) is 4.31. The SMILES string of the molecule is O=C(SC(=O)c1ccccc1CO)c1ccccc1CO. The number of rotatable bonds is 4. The van der Waals surface area contributed by atoms with Gasteiger partial charge in [-0.2, -0.15) is 0 Å². The lowest BCUT2D eigenvalue weighted by molar-refractivity contribution is 0.106. The van der Waals surface area contributed by atoms with Crippen molar-refractivity contribution in [3.05, 3.63) is 70.8 Å². The molecule has 4 nitrogen and oxygen atoms in total. The van der Waals surface area contributed by atoms with E-state index in [0.29, 0.717) is 34.0 Å². The molecule has 0 bridgehead atoms. The average molecular weight is 302 g/mol. The van der Waals surface area contributed by atoms with Crippen molar-refractivity contribution < 1.29 is 19.8 Å². The lowest BCUT2D eigenvalue weighted by Gasteiger charge is -2.07. The molecule has 108 valence electrons. The summed E-state index contributed by atoms with van der Waals surface area (Å²) < 4.78 is 0. The van der Waals surface area contributed by atoms with E-state index in [-0.39, 0.29) is 13.2 Å². The molecular weight excluding hydrogens is 288 g/mol. The van der Waals surface area contributed by atoms with E-state index in [1.807, 2.05) is 0 Å². The Balaban J connectivity index is 2.21. The highest BCUT2D eigenvalue weighted by molar-refractivity contribution is 8.27. The maximum atomic E-state index is 12.2. The van der Waals surface area contributed by atoms with Gasteiger partial charge in [-0.05, 0) is 22.9 Å². The highest BCUT2D eigenvalue weighted by atomic mass is 32.2. The summed E-state index contributed by atoms with van der Waals surface area (Å²) >= 11 is 0.565. The summed E-state index contributed by atoms with van der Waals surface area (Å²) in [5.41, 5.74) is 1.61. The molecule has 0 saturated heterocycles. The smallest absolute Gasteiger partial charge is 0.227 e. The van der Waals surface area contributed by atoms with Crippen molar-refractivity contribution in [2.45, 2.75) is 13.2 Å². The number of hydrogen-bond donors (Lipinski definition) is 2. The quantitative estimate of drug-likeness (QED) is 0.907. The molecule has 0 fully saturated rings. The third-order valence-electron chi connectivity index (χ3n) is 3.00. The molecule has 0 spiro atoms. The summed E-state index contributed by atoms with van der Waals surface area (Å²) in [4.78, 5) is 24.4. The summed E-state index contributed by atoms with van der Waals surface area (Å²) in [6.07, 6.45) is 0. The van der Waals surface area contributed by atoms with Gasteiger partial charge < -0.3 is 10.2 Å². The van der Waals surface area contributed by atoms with Crippen molar-refractivity contribution in [1.29, 1.82) is 0 Å². The third kappa shape index (κ3) is 3.58. The van der Waals surface area contributed by atoms with Gasteiger partial charge in [0.05, 0.1) is 13.2 Å². The Bertz CT molecular complexity index is 609. The van der Waals surface area contributed by atoms with E-state index in [1.165, 1.54) is 0 Å². The molecule has 0 amide bonds. The van der Waals surface area contributed by atoms with Gasteiger partial charge in [-0.15, -0.1) is 0 Å². The van der Waals surface area contributed by atoms with E-state index in [0.717, 1.165) is 0 Å². The Morgan fingerprint density at radius 2 is 1.14 bits per heavy atom. The largest absolute Gasteiger partial charge is 0.392 e. The van der Waals surface area contributed by atoms with Crippen LogP contribution in [0.4, 0.5) is 0 Å².